The average molecular weight is 376 g/mol. The summed E-state index contributed by atoms with van der Waals surface area (Å²) in [6.45, 7) is 0.858. The Labute approximate surface area is 160 Å². The quantitative estimate of drug-likeness (QED) is 0.525. The minimum Gasteiger partial charge on any atom is -0.447 e. The highest BCUT2D eigenvalue weighted by Gasteiger charge is 2.23. The van der Waals surface area contributed by atoms with Crippen molar-refractivity contribution in [3.05, 3.63) is 76.8 Å². The number of pyridine rings is 1. The van der Waals surface area contributed by atoms with Crippen molar-refractivity contribution in [3.8, 4) is 11.3 Å². The number of benzene rings is 2. The Hall–Kier alpha value is -3.94. The van der Waals surface area contributed by atoms with Crippen LogP contribution in [-0.2, 0) is 4.74 Å². The lowest BCUT2D eigenvalue weighted by atomic mass is 10.1. The van der Waals surface area contributed by atoms with Gasteiger partial charge in [0.15, 0.2) is 5.69 Å². The maximum Gasteiger partial charge on any atom is 0.414 e. The highest BCUT2D eigenvalue weighted by Crippen LogP contribution is 2.31. The van der Waals surface area contributed by atoms with Crippen LogP contribution in [0, 0.1) is 10.1 Å². The number of amides is 1. The van der Waals surface area contributed by atoms with Crippen LogP contribution in [0.5, 0.6) is 0 Å². The second-order valence-electron chi connectivity index (χ2n) is 6.13. The first-order chi connectivity index (χ1) is 13.6. The van der Waals surface area contributed by atoms with Gasteiger partial charge in [-0.15, -0.1) is 0 Å². The van der Waals surface area contributed by atoms with Crippen LogP contribution < -0.4 is 10.2 Å². The average Bonchev–Trinajstić information content (AvgIpc) is 3.14. The monoisotopic (exact) mass is 376 g/mol. The summed E-state index contributed by atoms with van der Waals surface area (Å²) in [5.41, 5.74) is 2.29. The van der Waals surface area contributed by atoms with Gasteiger partial charge in [-0.3, -0.25) is 15.0 Å². The van der Waals surface area contributed by atoms with Crippen molar-refractivity contribution in [2.24, 2.45) is 0 Å². The Bertz CT molecular complexity index is 1040. The molecule has 1 saturated heterocycles. The molecule has 1 N–H and O–H groups in total. The lowest BCUT2D eigenvalue weighted by Crippen LogP contribution is -2.23. The zero-order valence-electron chi connectivity index (χ0n) is 14.7. The molecule has 0 atom stereocenters. The molecule has 28 heavy (non-hydrogen) atoms. The van der Waals surface area contributed by atoms with Gasteiger partial charge in [0.25, 0.3) is 5.69 Å². The molecule has 140 valence electrons. The van der Waals surface area contributed by atoms with Crippen LogP contribution in [0.2, 0.25) is 0 Å². The molecule has 0 saturated carbocycles. The minimum atomic E-state index is -0.446. The van der Waals surface area contributed by atoms with Gasteiger partial charge in [-0.1, -0.05) is 36.4 Å². The van der Waals surface area contributed by atoms with E-state index in [1.54, 1.807) is 41.3 Å². The number of anilines is 3. The van der Waals surface area contributed by atoms with Crippen LogP contribution in [0.3, 0.4) is 0 Å². The Morgan fingerprint density at radius 3 is 2.61 bits per heavy atom. The molecular formula is C20H16N4O4. The van der Waals surface area contributed by atoms with E-state index in [-0.39, 0.29) is 17.5 Å². The summed E-state index contributed by atoms with van der Waals surface area (Å²) in [5.74, 6) is 0.464. The van der Waals surface area contributed by atoms with Crippen LogP contribution >= 0.6 is 0 Å². The molecule has 1 aromatic heterocycles. The molecule has 4 rings (SSSR count). The van der Waals surface area contributed by atoms with E-state index in [0.29, 0.717) is 35.9 Å². The molecule has 0 aliphatic carbocycles. The van der Waals surface area contributed by atoms with E-state index in [1.807, 2.05) is 24.3 Å². The van der Waals surface area contributed by atoms with Crippen molar-refractivity contribution in [2.75, 3.05) is 23.4 Å². The first-order valence-corrected chi connectivity index (χ1v) is 8.64. The summed E-state index contributed by atoms with van der Waals surface area (Å²) in [5, 5.41) is 14.5. The third-order valence-electron chi connectivity index (χ3n) is 4.31. The van der Waals surface area contributed by atoms with E-state index in [2.05, 4.69) is 10.3 Å². The van der Waals surface area contributed by atoms with E-state index in [4.69, 9.17) is 4.74 Å². The lowest BCUT2D eigenvalue weighted by Gasteiger charge is -2.14. The van der Waals surface area contributed by atoms with E-state index < -0.39 is 4.92 Å². The topological polar surface area (TPSA) is 97.6 Å². The molecular weight excluding hydrogens is 360 g/mol. The molecule has 0 bridgehead atoms. The number of carbonyl (C=O) groups is 1. The standard InChI is InChI=1S/C20H16N4O4/c25-20-23(11-12-28-20)16-8-4-7-15(13-16)21-18-10-9-17(24(26)27)19(22-18)14-5-2-1-3-6-14/h1-10,13H,11-12H2,(H,21,22). The number of nitrogens with zero attached hydrogens (tertiary/aromatic N) is 3. The van der Waals surface area contributed by atoms with Crippen LogP contribution in [0.25, 0.3) is 11.3 Å². The summed E-state index contributed by atoms with van der Waals surface area (Å²) >= 11 is 0. The van der Waals surface area contributed by atoms with Gasteiger partial charge < -0.3 is 10.1 Å². The molecule has 8 heteroatoms. The number of nitro groups is 1. The lowest BCUT2D eigenvalue weighted by molar-refractivity contribution is -0.384. The van der Waals surface area contributed by atoms with Crippen molar-refractivity contribution in [1.29, 1.82) is 0 Å². The highest BCUT2D eigenvalue weighted by molar-refractivity contribution is 5.90. The largest absolute Gasteiger partial charge is 0.447 e. The SMILES string of the molecule is O=C1OCCN1c1cccc(Nc2ccc([N+](=O)[O-])c(-c3ccccc3)n2)c1. The smallest absolute Gasteiger partial charge is 0.414 e. The van der Waals surface area contributed by atoms with Crippen molar-refractivity contribution in [2.45, 2.75) is 0 Å². The molecule has 0 spiro atoms. The summed E-state index contributed by atoms with van der Waals surface area (Å²) in [4.78, 5) is 28.7. The summed E-state index contributed by atoms with van der Waals surface area (Å²) in [7, 11) is 0. The van der Waals surface area contributed by atoms with E-state index in [1.165, 1.54) is 6.07 Å². The molecule has 1 aliphatic rings. The Morgan fingerprint density at radius 2 is 1.89 bits per heavy atom. The normalized spacial score (nSPS) is 13.3. The summed E-state index contributed by atoms with van der Waals surface area (Å²) in [6, 6.07) is 19.3. The van der Waals surface area contributed by atoms with Crippen LogP contribution in [0.4, 0.5) is 27.7 Å². The Morgan fingerprint density at radius 1 is 1.07 bits per heavy atom. The van der Waals surface area contributed by atoms with E-state index >= 15 is 0 Å². The Balaban J connectivity index is 1.65. The zero-order chi connectivity index (χ0) is 19.5. The molecule has 1 amide bonds. The fourth-order valence-corrected chi connectivity index (χ4v) is 3.00. The van der Waals surface area contributed by atoms with Crippen molar-refractivity contribution in [1.82, 2.24) is 4.98 Å². The number of hydrogen-bond donors (Lipinski definition) is 1. The molecule has 2 heterocycles. The molecule has 0 radical (unpaired) electrons. The molecule has 8 nitrogen and oxygen atoms in total. The molecule has 0 unspecified atom stereocenters. The van der Waals surface area contributed by atoms with E-state index in [9.17, 15) is 14.9 Å². The predicted molar refractivity (Wildman–Crippen MR) is 105 cm³/mol. The number of ether oxygens (including phenoxy) is 1. The molecule has 1 fully saturated rings. The predicted octanol–water partition coefficient (Wildman–Crippen LogP) is 4.36. The van der Waals surface area contributed by atoms with Gasteiger partial charge in [-0.25, -0.2) is 9.78 Å². The fraction of sp³-hybridized carbons (Fsp3) is 0.100. The fourth-order valence-electron chi connectivity index (χ4n) is 3.00. The first-order valence-electron chi connectivity index (χ1n) is 8.64. The molecule has 2 aromatic carbocycles. The van der Waals surface area contributed by atoms with Gasteiger partial charge in [-0.05, 0) is 24.3 Å². The van der Waals surface area contributed by atoms with Crippen LogP contribution in [-0.4, -0.2) is 29.2 Å². The second kappa shape index (κ2) is 7.36. The minimum absolute atomic E-state index is 0.0645. The maximum atomic E-state index is 11.8. The number of hydrogen-bond acceptors (Lipinski definition) is 6. The van der Waals surface area contributed by atoms with Crippen LogP contribution in [0.15, 0.2) is 66.7 Å². The first kappa shape index (κ1) is 17.5. The van der Waals surface area contributed by atoms with Gasteiger partial charge in [0, 0.05) is 23.0 Å². The van der Waals surface area contributed by atoms with Gasteiger partial charge in [0.05, 0.1) is 11.5 Å². The highest BCUT2D eigenvalue weighted by atomic mass is 16.6. The van der Waals surface area contributed by atoms with Crippen LogP contribution in [0.1, 0.15) is 0 Å². The van der Waals surface area contributed by atoms with Crippen molar-refractivity contribution in [3.63, 3.8) is 0 Å². The Kier molecular flexibility index (Phi) is 4.59. The van der Waals surface area contributed by atoms with E-state index in [0.717, 1.165) is 0 Å². The third-order valence-corrected chi connectivity index (χ3v) is 4.31. The summed E-state index contributed by atoms with van der Waals surface area (Å²) in [6.07, 6.45) is -0.378. The zero-order valence-corrected chi connectivity index (χ0v) is 14.7. The number of aromatic nitrogens is 1. The molecule has 1 aliphatic heterocycles. The number of rotatable bonds is 5. The number of carbonyl (C=O) groups excluding carboxylic acids is 1. The van der Waals surface area contributed by atoms with Crippen molar-refractivity contribution < 1.29 is 14.5 Å². The summed E-state index contributed by atoms with van der Waals surface area (Å²) < 4.78 is 4.97. The van der Waals surface area contributed by atoms with Gasteiger partial charge in [0.1, 0.15) is 12.4 Å². The second-order valence-corrected chi connectivity index (χ2v) is 6.13. The van der Waals surface area contributed by atoms with Gasteiger partial charge >= 0.3 is 6.09 Å². The number of cyclic esters (lactones) is 1. The molecule has 3 aromatic rings. The van der Waals surface area contributed by atoms with Gasteiger partial charge in [0.2, 0.25) is 0 Å². The maximum absolute atomic E-state index is 11.8. The third kappa shape index (κ3) is 3.48. The van der Waals surface area contributed by atoms with Gasteiger partial charge in [-0.2, -0.15) is 0 Å². The number of nitrogens with one attached hydrogen (secondary N) is 1. The van der Waals surface area contributed by atoms with Crippen molar-refractivity contribution >= 4 is 29.0 Å².